The van der Waals surface area contributed by atoms with Crippen molar-refractivity contribution in [1.82, 2.24) is 4.90 Å². The fourth-order valence-corrected chi connectivity index (χ4v) is 1.45. The van der Waals surface area contributed by atoms with Gasteiger partial charge in [-0.2, -0.15) is 0 Å². The average Bonchev–Trinajstić information content (AvgIpc) is 2.35. The first-order valence-corrected chi connectivity index (χ1v) is 3.81. The van der Waals surface area contributed by atoms with Gasteiger partial charge in [0.05, 0.1) is 0 Å². The fraction of sp³-hybridized carbons (Fsp3) is 0.556. The van der Waals surface area contributed by atoms with Gasteiger partial charge in [0, 0.05) is 20.0 Å². The van der Waals surface area contributed by atoms with Gasteiger partial charge >= 0.3 is 0 Å². The summed E-state index contributed by atoms with van der Waals surface area (Å²) in [7, 11) is 1.68. The van der Waals surface area contributed by atoms with Crippen LogP contribution in [-0.4, -0.2) is 30.7 Å². The van der Waals surface area contributed by atoms with Crippen LogP contribution in [0.1, 0.15) is 12.8 Å². The molecule has 0 radical (unpaired) electrons. The Hall–Kier alpha value is -1.30. The second kappa shape index (κ2) is 2.98. The molecule has 0 unspecified atom stereocenters. The van der Waals surface area contributed by atoms with Gasteiger partial charge in [0.2, 0.25) is 5.91 Å². The van der Waals surface area contributed by atoms with Crippen LogP contribution in [0.3, 0.4) is 0 Å². The Morgan fingerprint density at radius 2 is 2.50 bits per heavy atom. The third-order valence-corrected chi connectivity index (χ3v) is 2.31. The molecule has 1 saturated heterocycles. The smallest absolute Gasteiger partial charge is 0.236 e. The first-order valence-electron chi connectivity index (χ1n) is 3.81. The second-order valence-electron chi connectivity index (χ2n) is 3.13. The number of aldehydes is 1. The number of amides is 1. The zero-order chi connectivity index (χ0) is 9.19. The van der Waals surface area contributed by atoms with Crippen molar-refractivity contribution >= 4 is 12.2 Å². The number of terminal acetylenes is 1. The van der Waals surface area contributed by atoms with Crippen molar-refractivity contribution in [2.75, 3.05) is 13.6 Å². The normalized spacial score (nSPS) is 28.7. The molecule has 3 heteroatoms. The summed E-state index contributed by atoms with van der Waals surface area (Å²) in [4.78, 5) is 23.7. The van der Waals surface area contributed by atoms with Crippen LogP contribution in [0.2, 0.25) is 0 Å². The lowest BCUT2D eigenvalue weighted by Crippen LogP contribution is -2.33. The van der Waals surface area contributed by atoms with Crippen LogP contribution >= 0.6 is 0 Å². The molecule has 0 aromatic carbocycles. The molecule has 1 fully saturated rings. The Labute approximate surface area is 71.7 Å². The third kappa shape index (κ3) is 1.10. The van der Waals surface area contributed by atoms with Crippen molar-refractivity contribution in [2.45, 2.75) is 12.8 Å². The monoisotopic (exact) mass is 165 g/mol. The van der Waals surface area contributed by atoms with Gasteiger partial charge in [-0.1, -0.05) is 0 Å². The van der Waals surface area contributed by atoms with Crippen molar-refractivity contribution in [3.63, 3.8) is 0 Å². The van der Waals surface area contributed by atoms with E-state index in [-0.39, 0.29) is 12.3 Å². The lowest BCUT2D eigenvalue weighted by atomic mass is 9.85. The van der Waals surface area contributed by atoms with E-state index in [9.17, 15) is 9.59 Å². The molecule has 0 aliphatic carbocycles. The maximum Gasteiger partial charge on any atom is 0.236 e. The number of rotatable bonds is 2. The number of carbonyl (C=O) groups excluding carboxylic acids is 2. The van der Waals surface area contributed by atoms with Crippen LogP contribution in [0.4, 0.5) is 0 Å². The molecule has 12 heavy (non-hydrogen) atoms. The van der Waals surface area contributed by atoms with Crippen LogP contribution in [0.15, 0.2) is 0 Å². The number of hydrogen-bond acceptors (Lipinski definition) is 2. The summed E-state index contributed by atoms with van der Waals surface area (Å²) in [5, 5.41) is 0. The maximum atomic E-state index is 11.4. The average molecular weight is 165 g/mol. The fourth-order valence-electron chi connectivity index (χ4n) is 1.45. The molecule has 3 nitrogen and oxygen atoms in total. The number of likely N-dealkylation sites (tertiary alicyclic amines) is 1. The summed E-state index contributed by atoms with van der Waals surface area (Å²) in [6.45, 7) is 0.624. The topological polar surface area (TPSA) is 37.4 Å². The van der Waals surface area contributed by atoms with E-state index < -0.39 is 5.41 Å². The number of hydrogen-bond donors (Lipinski definition) is 0. The summed E-state index contributed by atoms with van der Waals surface area (Å²) in [5.74, 6) is 2.23. The minimum atomic E-state index is -0.913. The van der Waals surface area contributed by atoms with Crippen molar-refractivity contribution in [3.8, 4) is 12.3 Å². The summed E-state index contributed by atoms with van der Waals surface area (Å²) >= 11 is 0. The molecule has 1 aliphatic rings. The van der Waals surface area contributed by atoms with E-state index in [1.165, 1.54) is 0 Å². The van der Waals surface area contributed by atoms with E-state index in [2.05, 4.69) is 5.92 Å². The lowest BCUT2D eigenvalue weighted by molar-refractivity contribution is -0.138. The van der Waals surface area contributed by atoms with Crippen LogP contribution in [0.5, 0.6) is 0 Å². The molecule has 1 aliphatic heterocycles. The molecule has 0 spiro atoms. The van der Waals surface area contributed by atoms with Crippen LogP contribution in [0, 0.1) is 17.8 Å². The summed E-state index contributed by atoms with van der Waals surface area (Å²) in [5.41, 5.74) is -0.913. The minimum absolute atomic E-state index is 0.143. The third-order valence-electron chi connectivity index (χ3n) is 2.31. The van der Waals surface area contributed by atoms with Crippen molar-refractivity contribution in [2.24, 2.45) is 5.41 Å². The largest absolute Gasteiger partial charge is 0.345 e. The molecule has 0 bridgehead atoms. The predicted molar refractivity (Wildman–Crippen MR) is 44.2 cm³/mol. The minimum Gasteiger partial charge on any atom is -0.345 e. The molecular formula is C9H11NO2. The Kier molecular flexibility index (Phi) is 2.18. The van der Waals surface area contributed by atoms with Crippen LogP contribution in [0.25, 0.3) is 0 Å². The van der Waals surface area contributed by atoms with Crippen molar-refractivity contribution in [1.29, 1.82) is 0 Å². The first-order chi connectivity index (χ1) is 5.66. The number of nitrogens with zero attached hydrogens (tertiary/aromatic N) is 1. The van der Waals surface area contributed by atoms with Gasteiger partial charge in [-0.15, -0.1) is 12.3 Å². The van der Waals surface area contributed by atoms with E-state index in [0.717, 1.165) is 0 Å². The highest BCUT2D eigenvalue weighted by Gasteiger charge is 2.44. The molecule has 64 valence electrons. The predicted octanol–water partition coefficient (Wildman–Crippen LogP) is 0.0571. The van der Waals surface area contributed by atoms with Gasteiger partial charge in [0.15, 0.2) is 0 Å². The zero-order valence-electron chi connectivity index (χ0n) is 7.04. The molecular weight excluding hydrogens is 154 g/mol. The lowest BCUT2D eigenvalue weighted by Gasteiger charge is -2.16. The molecule has 0 N–H and O–H groups in total. The Bertz CT molecular complexity index is 254. The standard InChI is InChI=1S/C9H11NO2/c1-3-4-9(7-11)5-6-10(2)8(9)12/h1,7H,4-6H2,2H3/t9-/m1/s1. The van der Waals surface area contributed by atoms with E-state index in [0.29, 0.717) is 19.3 Å². The van der Waals surface area contributed by atoms with Gasteiger partial charge in [-0.3, -0.25) is 4.79 Å². The molecule has 1 amide bonds. The number of carbonyl (C=O) groups is 2. The van der Waals surface area contributed by atoms with Crippen molar-refractivity contribution in [3.05, 3.63) is 0 Å². The van der Waals surface area contributed by atoms with Crippen LogP contribution < -0.4 is 0 Å². The summed E-state index contributed by atoms with van der Waals surface area (Å²) < 4.78 is 0. The van der Waals surface area contributed by atoms with Gasteiger partial charge in [0.25, 0.3) is 0 Å². The Morgan fingerprint density at radius 1 is 1.83 bits per heavy atom. The van der Waals surface area contributed by atoms with Gasteiger partial charge in [-0.25, -0.2) is 0 Å². The highest BCUT2D eigenvalue weighted by Crippen LogP contribution is 2.31. The van der Waals surface area contributed by atoms with Gasteiger partial charge in [-0.05, 0) is 6.42 Å². The highest BCUT2D eigenvalue weighted by atomic mass is 16.2. The molecule has 1 rings (SSSR count). The second-order valence-corrected chi connectivity index (χ2v) is 3.13. The molecule has 0 aromatic rings. The summed E-state index contributed by atoms with van der Waals surface area (Å²) in [6, 6.07) is 0. The van der Waals surface area contributed by atoms with Gasteiger partial charge in [0.1, 0.15) is 11.7 Å². The van der Waals surface area contributed by atoms with E-state index in [1.54, 1.807) is 11.9 Å². The maximum absolute atomic E-state index is 11.4. The van der Waals surface area contributed by atoms with Crippen LogP contribution in [-0.2, 0) is 9.59 Å². The Balaban J connectivity index is 2.89. The molecule has 0 saturated carbocycles. The van der Waals surface area contributed by atoms with E-state index in [4.69, 9.17) is 6.42 Å². The highest BCUT2D eigenvalue weighted by molar-refractivity contribution is 5.98. The first kappa shape index (κ1) is 8.79. The molecule has 0 aromatic heterocycles. The van der Waals surface area contributed by atoms with Crippen molar-refractivity contribution < 1.29 is 9.59 Å². The SMILES string of the molecule is C#CC[C@]1(C=O)CCN(C)C1=O. The molecule has 1 heterocycles. The van der Waals surface area contributed by atoms with Gasteiger partial charge < -0.3 is 9.69 Å². The molecule has 1 atom stereocenters. The summed E-state index contributed by atoms with van der Waals surface area (Å²) in [6.07, 6.45) is 6.56. The quantitative estimate of drug-likeness (QED) is 0.329. The Morgan fingerprint density at radius 3 is 2.83 bits per heavy atom. The van der Waals surface area contributed by atoms with E-state index in [1.807, 2.05) is 0 Å². The van der Waals surface area contributed by atoms with E-state index >= 15 is 0 Å². The zero-order valence-corrected chi connectivity index (χ0v) is 7.04.